The Morgan fingerprint density at radius 2 is 2.17 bits per heavy atom. The molecule has 0 spiro atoms. The fraction of sp³-hybridized carbons (Fsp3) is 0.375. The third kappa shape index (κ3) is 4.67. The Bertz CT molecular complexity index is 670. The lowest BCUT2D eigenvalue weighted by Gasteiger charge is -2.08. The summed E-state index contributed by atoms with van der Waals surface area (Å²) >= 11 is 1.65. The van der Waals surface area contributed by atoms with Crippen LogP contribution in [0.3, 0.4) is 0 Å². The third-order valence-electron chi connectivity index (χ3n) is 3.24. The molecule has 23 heavy (non-hydrogen) atoms. The van der Waals surface area contributed by atoms with Gasteiger partial charge in [0.25, 0.3) is 5.91 Å². The van der Waals surface area contributed by atoms with Crippen molar-refractivity contribution < 1.29 is 9.90 Å². The number of rotatable bonds is 7. The molecule has 2 rings (SSSR count). The number of nitrogens with zero attached hydrogens (tertiary/aromatic N) is 2. The predicted molar refractivity (Wildman–Crippen MR) is 94.4 cm³/mol. The Balaban J connectivity index is 2.02. The van der Waals surface area contributed by atoms with E-state index in [0.29, 0.717) is 12.1 Å². The zero-order valence-corrected chi connectivity index (χ0v) is 14.4. The van der Waals surface area contributed by atoms with E-state index in [0.717, 1.165) is 16.5 Å². The Labute approximate surface area is 140 Å². The minimum absolute atomic E-state index is 0.0669. The van der Waals surface area contributed by atoms with Gasteiger partial charge < -0.3 is 20.6 Å². The SMILES string of the molecule is Cc1nc(N(C)C)sc1CNc1cccc(C(=O)NCCO)c1. The lowest BCUT2D eigenvalue weighted by Crippen LogP contribution is -2.26. The van der Waals surface area contributed by atoms with Gasteiger partial charge in [0.05, 0.1) is 18.8 Å². The van der Waals surface area contributed by atoms with Crippen LogP contribution < -0.4 is 15.5 Å². The summed E-state index contributed by atoms with van der Waals surface area (Å²) in [7, 11) is 3.95. The summed E-state index contributed by atoms with van der Waals surface area (Å²) in [4.78, 5) is 19.6. The van der Waals surface area contributed by atoms with Crippen LogP contribution in [0.5, 0.6) is 0 Å². The highest BCUT2D eigenvalue weighted by molar-refractivity contribution is 7.15. The second kappa shape index (κ2) is 7.94. The van der Waals surface area contributed by atoms with Gasteiger partial charge in [-0.15, -0.1) is 0 Å². The van der Waals surface area contributed by atoms with E-state index in [1.807, 2.05) is 38.1 Å². The zero-order chi connectivity index (χ0) is 16.8. The first-order valence-electron chi connectivity index (χ1n) is 7.38. The average molecular weight is 334 g/mol. The molecule has 1 heterocycles. The maximum atomic E-state index is 11.9. The molecule has 1 aromatic carbocycles. The molecule has 6 nitrogen and oxygen atoms in total. The lowest BCUT2D eigenvalue weighted by molar-refractivity contribution is 0.0945. The van der Waals surface area contributed by atoms with E-state index in [9.17, 15) is 4.79 Å². The minimum Gasteiger partial charge on any atom is -0.395 e. The number of nitrogens with one attached hydrogen (secondary N) is 2. The van der Waals surface area contributed by atoms with Gasteiger partial charge in [0.15, 0.2) is 5.13 Å². The molecule has 0 fully saturated rings. The summed E-state index contributed by atoms with van der Waals surface area (Å²) in [5.74, 6) is -0.188. The van der Waals surface area contributed by atoms with Crippen molar-refractivity contribution in [3.8, 4) is 0 Å². The number of aryl methyl sites for hydroxylation is 1. The van der Waals surface area contributed by atoms with E-state index >= 15 is 0 Å². The monoisotopic (exact) mass is 334 g/mol. The van der Waals surface area contributed by atoms with Gasteiger partial charge in [0.1, 0.15) is 0 Å². The van der Waals surface area contributed by atoms with Crippen molar-refractivity contribution in [1.82, 2.24) is 10.3 Å². The normalized spacial score (nSPS) is 10.4. The maximum absolute atomic E-state index is 11.9. The van der Waals surface area contributed by atoms with E-state index in [4.69, 9.17) is 5.11 Å². The number of thiazole rings is 1. The Morgan fingerprint density at radius 3 is 2.83 bits per heavy atom. The summed E-state index contributed by atoms with van der Waals surface area (Å²) in [6, 6.07) is 7.31. The maximum Gasteiger partial charge on any atom is 0.251 e. The van der Waals surface area contributed by atoms with Gasteiger partial charge in [-0.3, -0.25) is 4.79 Å². The molecular formula is C16H22N4O2S. The van der Waals surface area contributed by atoms with Gasteiger partial charge in [0, 0.05) is 36.8 Å². The first kappa shape index (κ1) is 17.2. The molecule has 0 saturated carbocycles. The van der Waals surface area contributed by atoms with Gasteiger partial charge in [-0.1, -0.05) is 17.4 Å². The van der Waals surface area contributed by atoms with Gasteiger partial charge in [-0.2, -0.15) is 0 Å². The third-order valence-corrected chi connectivity index (χ3v) is 4.56. The van der Waals surface area contributed by atoms with Crippen LogP contribution in [0.4, 0.5) is 10.8 Å². The summed E-state index contributed by atoms with van der Waals surface area (Å²) in [6.07, 6.45) is 0. The fourth-order valence-electron chi connectivity index (χ4n) is 1.99. The van der Waals surface area contributed by atoms with Crippen LogP contribution in [0.2, 0.25) is 0 Å². The number of hydrogen-bond acceptors (Lipinski definition) is 6. The van der Waals surface area contributed by atoms with Crippen molar-refractivity contribution >= 4 is 28.1 Å². The molecule has 3 N–H and O–H groups in total. The van der Waals surface area contributed by atoms with Crippen LogP contribution in [0.1, 0.15) is 20.9 Å². The number of hydrogen-bond donors (Lipinski definition) is 3. The van der Waals surface area contributed by atoms with E-state index < -0.39 is 0 Å². The van der Waals surface area contributed by atoms with Crippen molar-refractivity contribution in [2.24, 2.45) is 0 Å². The molecule has 2 aromatic rings. The zero-order valence-electron chi connectivity index (χ0n) is 13.6. The molecule has 0 unspecified atom stereocenters. The second-order valence-electron chi connectivity index (χ2n) is 5.31. The smallest absolute Gasteiger partial charge is 0.251 e. The van der Waals surface area contributed by atoms with Gasteiger partial charge in [-0.05, 0) is 25.1 Å². The van der Waals surface area contributed by atoms with Crippen LogP contribution in [0.15, 0.2) is 24.3 Å². The molecule has 0 atom stereocenters. The summed E-state index contributed by atoms with van der Waals surface area (Å²) in [5.41, 5.74) is 2.46. The first-order chi connectivity index (χ1) is 11.0. The minimum atomic E-state index is -0.188. The first-order valence-corrected chi connectivity index (χ1v) is 8.19. The van der Waals surface area contributed by atoms with Crippen LogP contribution in [-0.4, -0.2) is 43.2 Å². The van der Waals surface area contributed by atoms with E-state index in [2.05, 4.69) is 15.6 Å². The Morgan fingerprint density at radius 1 is 1.39 bits per heavy atom. The van der Waals surface area contributed by atoms with Crippen LogP contribution in [-0.2, 0) is 6.54 Å². The molecule has 7 heteroatoms. The molecule has 1 amide bonds. The highest BCUT2D eigenvalue weighted by Gasteiger charge is 2.09. The van der Waals surface area contributed by atoms with Gasteiger partial charge in [-0.25, -0.2) is 4.98 Å². The molecule has 0 aliphatic heterocycles. The Hall–Kier alpha value is -2.12. The number of carbonyl (C=O) groups excluding carboxylic acids is 1. The average Bonchev–Trinajstić information content (AvgIpc) is 2.92. The number of aliphatic hydroxyl groups is 1. The van der Waals surface area contributed by atoms with E-state index in [-0.39, 0.29) is 19.1 Å². The number of amides is 1. The highest BCUT2D eigenvalue weighted by atomic mass is 32.1. The van der Waals surface area contributed by atoms with Crippen molar-refractivity contribution in [2.75, 3.05) is 37.5 Å². The molecule has 0 aliphatic rings. The largest absolute Gasteiger partial charge is 0.395 e. The lowest BCUT2D eigenvalue weighted by atomic mass is 10.2. The number of benzene rings is 1. The van der Waals surface area contributed by atoms with Crippen molar-refractivity contribution in [3.63, 3.8) is 0 Å². The summed E-state index contributed by atoms with van der Waals surface area (Å²) in [5, 5.41) is 15.7. The molecular weight excluding hydrogens is 312 g/mol. The molecule has 124 valence electrons. The molecule has 0 radical (unpaired) electrons. The van der Waals surface area contributed by atoms with E-state index in [1.165, 1.54) is 4.88 Å². The van der Waals surface area contributed by atoms with Crippen LogP contribution in [0.25, 0.3) is 0 Å². The highest BCUT2D eigenvalue weighted by Crippen LogP contribution is 2.25. The molecule has 0 saturated heterocycles. The molecule has 1 aromatic heterocycles. The molecule has 0 bridgehead atoms. The number of anilines is 2. The fourth-order valence-corrected chi connectivity index (χ4v) is 2.92. The number of aliphatic hydroxyl groups excluding tert-OH is 1. The number of carbonyl (C=O) groups is 1. The van der Waals surface area contributed by atoms with E-state index in [1.54, 1.807) is 23.5 Å². The predicted octanol–water partition coefficient (Wildman–Crippen LogP) is 1.85. The van der Waals surface area contributed by atoms with Gasteiger partial charge in [0.2, 0.25) is 0 Å². The number of aromatic nitrogens is 1. The van der Waals surface area contributed by atoms with Gasteiger partial charge >= 0.3 is 0 Å². The van der Waals surface area contributed by atoms with Crippen molar-refractivity contribution in [2.45, 2.75) is 13.5 Å². The Kier molecular flexibility index (Phi) is 5.95. The van der Waals surface area contributed by atoms with Crippen LogP contribution in [0, 0.1) is 6.92 Å². The molecule has 0 aliphatic carbocycles. The standard InChI is InChI=1S/C16H22N4O2S/c1-11-14(23-16(19-11)20(2)3)10-18-13-6-4-5-12(9-13)15(22)17-7-8-21/h4-6,9,18,21H,7-8,10H2,1-3H3,(H,17,22). The van der Waals surface area contributed by atoms with Crippen molar-refractivity contribution in [3.05, 3.63) is 40.4 Å². The quantitative estimate of drug-likeness (QED) is 0.720. The topological polar surface area (TPSA) is 77.5 Å². The summed E-state index contributed by atoms with van der Waals surface area (Å²) < 4.78 is 0. The van der Waals surface area contributed by atoms with Crippen LogP contribution >= 0.6 is 11.3 Å². The van der Waals surface area contributed by atoms with Crippen molar-refractivity contribution in [1.29, 1.82) is 0 Å². The second-order valence-corrected chi connectivity index (χ2v) is 6.38. The summed E-state index contributed by atoms with van der Waals surface area (Å²) in [6.45, 7) is 2.85.